The Labute approximate surface area is 211 Å². The van der Waals surface area contributed by atoms with Crippen LogP contribution in [0.15, 0.2) is 77.7 Å². The highest BCUT2D eigenvalue weighted by Crippen LogP contribution is 2.44. The SMILES string of the molecule is C[C@@H](c1ccc(-c2ccc(=O)n(C)c2)cc1)N1CC[C@@](CC(C)(C)C(N)=O)(c2ccccc2)OC1=O. The van der Waals surface area contributed by atoms with Gasteiger partial charge in [-0.1, -0.05) is 68.4 Å². The van der Waals surface area contributed by atoms with Gasteiger partial charge < -0.3 is 19.9 Å². The molecule has 0 unspecified atom stereocenters. The van der Waals surface area contributed by atoms with Crippen LogP contribution in [0.3, 0.4) is 0 Å². The Balaban J connectivity index is 1.56. The second kappa shape index (κ2) is 9.64. The first kappa shape index (κ1) is 25.2. The van der Waals surface area contributed by atoms with Gasteiger partial charge >= 0.3 is 6.09 Å². The summed E-state index contributed by atoms with van der Waals surface area (Å²) >= 11 is 0. The third-order valence-electron chi connectivity index (χ3n) is 7.25. The lowest BCUT2D eigenvalue weighted by Gasteiger charge is -2.46. The van der Waals surface area contributed by atoms with Gasteiger partial charge in [-0.3, -0.25) is 9.59 Å². The molecule has 2 amide bonds. The number of aromatic nitrogens is 1. The summed E-state index contributed by atoms with van der Waals surface area (Å²) in [6.45, 7) is 6.03. The monoisotopic (exact) mass is 487 g/mol. The number of carbonyl (C=O) groups excluding carboxylic acids is 2. The number of benzene rings is 2. The molecule has 1 aromatic heterocycles. The quantitative estimate of drug-likeness (QED) is 0.520. The summed E-state index contributed by atoms with van der Waals surface area (Å²) in [7, 11) is 1.73. The van der Waals surface area contributed by atoms with Crippen molar-refractivity contribution in [2.75, 3.05) is 6.54 Å². The fraction of sp³-hybridized carbons (Fsp3) is 0.345. The Morgan fingerprint density at radius 3 is 2.25 bits per heavy atom. The van der Waals surface area contributed by atoms with Crippen LogP contribution in [-0.4, -0.2) is 28.0 Å². The largest absolute Gasteiger partial charge is 0.438 e. The van der Waals surface area contributed by atoms with E-state index in [1.165, 1.54) is 0 Å². The van der Waals surface area contributed by atoms with Crippen molar-refractivity contribution in [3.05, 3.63) is 94.4 Å². The van der Waals surface area contributed by atoms with Crippen molar-refractivity contribution < 1.29 is 14.3 Å². The molecule has 4 rings (SSSR count). The van der Waals surface area contributed by atoms with Crippen molar-refractivity contribution in [3.63, 3.8) is 0 Å². The molecule has 3 aromatic rings. The van der Waals surface area contributed by atoms with E-state index in [9.17, 15) is 14.4 Å². The van der Waals surface area contributed by atoms with Crippen LogP contribution >= 0.6 is 0 Å². The van der Waals surface area contributed by atoms with Crippen LogP contribution in [0.25, 0.3) is 11.1 Å². The van der Waals surface area contributed by atoms with E-state index < -0.39 is 23.0 Å². The summed E-state index contributed by atoms with van der Waals surface area (Å²) in [5.41, 5.74) is 7.61. The maximum Gasteiger partial charge on any atom is 0.411 e. The van der Waals surface area contributed by atoms with Gasteiger partial charge in [0.1, 0.15) is 5.60 Å². The number of ether oxygens (including phenoxy) is 1. The number of rotatable bonds is 7. The van der Waals surface area contributed by atoms with E-state index in [1.54, 1.807) is 48.7 Å². The van der Waals surface area contributed by atoms with E-state index in [2.05, 4.69) is 0 Å². The maximum atomic E-state index is 13.4. The summed E-state index contributed by atoms with van der Waals surface area (Å²) in [6.07, 6.45) is 2.24. The minimum Gasteiger partial charge on any atom is -0.438 e. The van der Waals surface area contributed by atoms with E-state index in [4.69, 9.17) is 10.5 Å². The molecule has 36 heavy (non-hydrogen) atoms. The number of pyridine rings is 1. The van der Waals surface area contributed by atoms with Gasteiger partial charge in [0.15, 0.2) is 0 Å². The lowest BCUT2D eigenvalue weighted by molar-refractivity contribution is -0.133. The van der Waals surface area contributed by atoms with Gasteiger partial charge in [-0.2, -0.15) is 0 Å². The lowest BCUT2D eigenvalue weighted by Crippen LogP contribution is -2.51. The molecular weight excluding hydrogens is 454 g/mol. The molecule has 188 valence electrons. The van der Waals surface area contributed by atoms with Crippen molar-refractivity contribution in [3.8, 4) is 11.1 Å². The molecular formula is C29H33N3O4. The van der Waals surface area contributed by atoms with Crippen molar-refractivity contribution in [1.82, 2.24) is 9.47 Å². The Kier molecular flexibility index (Phi) is 6.76. The third kappa shape index (κ3) is 4.91. The van der Waals surface area contributed by atoms with Crippen molar-refractivity contribution in [2.45, 2.75) is 45.3 Å². The summed E-state index contributed by atoms with van der Waals surface area (Å²) in [5, 5.41) is 0. The molecule has 2 aromatic carbocycles. The number of cyclic esters (lactones) is 1. The van der Waals surface area contributed by atoms with Crippen molar-refractivity contribution in [1.29, 1.82) is 0 Å². The van der Waals surface area contributed by atoms with Crippen LogP contribution in [0.4, 0.5) is 4.79 Å². The highest BCUT2D eigenvalue weighted by Gasteiger charge is 2.48. The first-order valence-electron chi connectivity index (χ1n) is 12.1. The van der Waals surface area contributed by atoms with Gasteiger partial charge in [-0.15, -0.1) is 0 Å². The summed E-state index contributed by atoms with van der Waals surface area (Å²) in [5.74, 6) is -0.428. The summed E-state index contributed by atoms with van der Waals surface area (Å²) < 4.78 is 7.72. The number of hydrogen-bond acceptors (Lipinski definition) is 4. The average Bonchev–Trinajstić information content (AvgIpc) is 2.86. The second-order valence-corrected chi connectivity index (χ2v) is 10.3. The molecule has 2 atom stereocenters. The van der Waals surface area contributed by atoms with Gasteiger partial charge in [0, 0.05) is 44.1 Å². The van der Waals surface area contributed by atoms with Crippen molar-refractivity contribution in [2.24, 2.45) is 18.2 Å². The molecule has 1 saturated heterocycles. The Morgan fingerprint density at radius 1 is 1.03 bits per heavy atom. The number of amides is 2. The fourth-order valence-corrected chi connectivity index (χ4v) is 4.89. The molecule has 0 spiro atoms. The van der Waals surface area contributed by atoms with Gasteiger partial charge in [0.25, 0.3) is 0 Å². The minimum absolute atomic E-state index is 0.0570. The number of primary amides is 1. The van der Waals surface area contributed by atoms with E-state index in [1.807, 2.05) is 61.5 Å². The standard InChI is InChI=1S/C29H33N3O4/c1-20(21-10-12-22(13-11-21)23-14-15-25(33)31(4)18-23)32-17-16-29(36-27(32)35,19-28(2,3)26(30)34)24-8-6-5-7-9-24/h5-15,18,20H,16-17,19H2,1-4H3,(H2,30,34)/t20-,29+/m0/s1. The molecule has 1 aliphatic rings. The molecule has 0 radical (unpaired) electrons. The molecule has 0 saturated carbocycles. The van der Waals surface area contributed by atoms with E-state index in [-0.39, 0.29) is 11.6 Å². The highest BCUT2D eigenvalue weighted by atomic mass is 16.6. The van der Waals surface area contributed by atoms with Crippen LogP contribution in [0.5, 0.6) is 0 Å². The molecule has 7 heteroatoms. The zero-order valence-electron chi connectivity index (χ0n) is 21.2. The van der Waals surface area contributed by atoms with Crippen LogP contribution in [0.1, 0.15) is 50.8 Å². The Bertz CT molecular complexity index is 1310. The minimum atomic E-state index is -0.930. The first-order valence-corrected chi connectivity index (χ1v) is 12.1. The average molecular weight is 488 g/mol. The van der Waals surface area contributed by atoms with Gasteiger partial charge in [0.05, 0.1) is 6.04 Å². The third-order valence-corrected chi connectivity index (χ3v) is 7.25. The smallest absolute Gasteiger partial charge is 0.411 e. The molecule has 1 aliphatic heterocycles. The van der Waals surface area contributed by atoms with Crippen LogP contribution in [0.2, 0.25) is 0 Å². The summed E-state index contributed by atoms with van der Waals surface area (Å²) in [4.78, 5) is 38.9. The van der Waals surface area contributed by atoms with Gasteiger partial charge in [-0.25, -0.2) is 4.79 Å². The predicted octanol–water partition coefficient (Wildman–Crippen LogP) is 4.75. The molecule has 1 fully saturated rings. The first-order chi connectivity index (χ1) is 17.0. The van der Waals surface area contributed by atoms with Crippen molar-refractivity contribution >= 4 is 12.0 Å². The molecule has 7 nitrogen and oxygen atoms in total. The Morgan fingerprint density at radius 2 is 1.67 bits per heavy atom. The van der Waals surface area contributed by atoms with Crippen LogP contribution in [-0.2, 0) is 22.2 Å². The van der Waals surface area contributed by atoms with Crippen LogP contribution < -0.4 is 11.3 Å². The van der Waals surface area contributed by atoms with E-state index in [0.29, 0.717) is 19.4 Å². The number of carbonyl (C=O) groups is 2. The molecule has 2 heterocycles. The Hall–Kier alpha value is -3.87. The normalized spacial score (nSPS) is 19.0. The second-order valence-electron chi connectivity index (χ2n) is 10.3. The zero-order chi connectivity index (χ0) is 26.1. The molecule has 0 bridgehead atoms. The fourth-order valence-electron chi connectivity index (χ4n) is 4.89. The van der Waals surface area contributed by atoms with E-state index in [0.717, 1.165) is 22.3 Å². The molecule has 0 aliphatic carbocycles. The zero-order valence-corrected chi connectivity index (χ0v) is 21.2. The molecule has 2 N–H and O–H groups in total. The topological polar surface area (TPSA) is 94.6 Å². The van der Waals surface area contributed by atoms with E-state index >= 15 is 0 Å². The number of hydrogen-bond donors (Lipinski definition) is 1. The predicted molar refractivity (Wildman–Crippen MR) is 139 cm³/mol. The number of nitrogens with two attached hydrogens (primary N) is 1. The highest BCUT2D eigenvalue weighted by molar-refractivity contribution is 5.80. The lowest BCUT2D eigenvalue weighted by atomic mass is 9.74. The van der Waals surface area contributed by atoms with Crippen LogP contribution in [0, 0.1) is 5.41 Å². The van der Waals surface area contributed by atoms with Gasteiger partial charge in [0.2, 0.25) is 11.5 Å². The number of aryl methyl sites for hydroxylation is 1. The van der Waals surface area contributed by atoms with Gasteiger partial charge in [-0.05, 0) is 35.2 Å². The number of nitrogens with zero attached hydrogens (tertiary/aromatic N) is 2. The maximum absolute atomic E-state index is 13.4. The summed E-state index contributed by atoms with van der Waals surface area (Å²) in [6, 6.07) is 20.7.